The summed E-state index contributed by atoms with van der Waals surface area (Å²) in [6.07, 6.45) is 1.60. The standard InChI is InChI=1S/C15H16FN3O/c1-3-19(13-9-5-4-8-12(13)16)15(20)11-7-6-10-18-14(11)17-2/h4-10H,3H2,1-2H3,(H,17,18). The van der Waals surface area contributed by atoms with Gasteiger partial charge in [-0.25, -0.2) is 9.37 Å². The largest absolute Gasteiger partial charge is 0.372 e. The molecule has 0 unspecified atom stereocenters. The van der Waals surface area contributed by atoms with Crippen LogP contribution in [0.4, 0.5) is 15.9 Å². The predicted molar refractivity (Wildman–Crippen MR) is 77.5 cm³/mol. The number of hydrogen-bond acceptors (Lipinski definition) is 3. The molecule has 0 saturated heterocycles. The Kier molecular flexibility index (Phi) is 4.30. The highest BCUT2D eigenvalue weighted by atomic mass is 19.1. The van der Waals surface area contributed by atoms with Gasteiger partial charge in [-0.3, -0.25) is 4.79 Å². The lowest BCUT2D eigenvalue weighted by Crippen LogP contribution is -2.32. The fourth-order valence-electron chi connectivity index (χ4n) is 2.02. The van der Waals surface area contributed by atoms with Gasteiger partial charge in [0, 0.05) is 19.8 Å². The first-order chi connectivity index (χ1) is 9.69. The van der Waals surface area contributed by atoms with Gasteiger partial charge < -0.3 is 10.2 Å². The van der Waals surface area contributed by atoms with Crippen molar-refractivity contribution in [2.75, 3.05) is 23.8 Å². The van der Waals surface area contributed by atoms with E-state index in [1.54, 1.807) is 50.5 Å². The predicted octanol–water partition coefficient (Wildman–Crippen LogP) is 2.93. The first-order valence-electron chi connectivity index (χ1n) is 6.38. The van der Waals surface area contributed by atoms with Gasteiger partial charge in [0.05, 0.1) is 11.3 Å². The highest BCUT2D eigenvalue weighted by Gasteiger charge is 2.21. The van der Waals surface area contributed by atoms with Crippen molar-refractivity contribution in [3.63, 3.8) is 0 Å². The van der Waals surface area contributed by atoms with E-state index < -0.39 is 5.82 Å². The van der Waals surface area contributed by atoms with Gasteiger partial charge in [-0.15, -0.1) is 0 Å². The molecule has 1 aromatic heterocycles. The number of rotatable bonds is 4. The lowest BCUT2D eigenvalue weighted by Gasteiger charge is -2.22. The van der Waals surface area contributed by atoms with Crippen LogP contribution in [0.1, 0.15) is 17.3 Å². The first kappa shape index (κ1) is 14.0. The quantitative estimate of drug-likeness (QED) is 0.931. The zero-order chi connectivity index (χ0) is 14.5. The Morgan fingerprint density at radius 2 is 2.05 bits per heavy atom. The van der Waals surface area contributed by atoms with E-state index in [4.69, 9.17) is 0 Å². The highest BCUT2D eigenvalue weighted by Crippen LogP contribution is 2.22. The van der Waals surface area contributed by atoms with Gasteiger partial charge in [0.2, 0.25) is 0 Å². The molecule has 0 radical (unpaired) electrons. The number of halogens is 1. The molecule has 1 aromatic carbocycles. The Hall–Kier alpha value is -2.43. The van der Waals surface area contributed by atoms with Gasteiger partial charge in [0.15, 0.2) is 0 Å². The van der Waals surface area contributed by atoms with E-state index in [9.17, 15) is 9.18 Å². The Labute approximate surface area is 117 Å². The fraction of sp³-hybridized carbons (Fsp3) is 0.200. The van der Waals surface area contributed by atoms with Crippen LogP contribution in [0, 0.1) is 5.82 Å². The second-order valence-electron chi connectivity index (χ2n) is 4.15. The van der Waals surface area contributed by atoms with Crippen molar-refractivity contribution in [2.24, 2.45) is 0 Å². The molecule has 0 atom stereocenters. The molecule has 20 heavy (non-hydrogen) atoms. The maximum absolute atomic E-state index is 13.9. The lowest BCUT2D eigenvalue weighted by molar-refractivity contribution is 0.0988. The number of amides is 1. The van der Waals surface area contributed by atoms with Crippen molar-refractivity contribution in [2.45, 2.75) is 6.92 Å². The van der Waals surface area contributed by atoms with Crippen molar-refractivity contribution in [3.05, 3.63) is 54.0 Å². The molecule has 0 aliphatic heterocycles. The summed E-state index contributed by atoms with van der Waals surface area (Å²) in [6.45, 7) is 2.18. The molecule has 2 rings (SSSR count). The maximum atomic E-state index is 13.9. The summed E-state index contributed by atoms with van der Waals surface area (Å²) in [4.78, 5) is 18.1. The molecule has 1 N–H and O–H groups in total. The number of pyridine rings is 1. The Morgan fingerprint density at radius 3 is 2.70 bits per heavy atom. The zero-order valence-electron chi connectivity index (χ0n) is 11.4. The second-order valence-corrected chi connectivity index (χ2v) is 4.15. The highest BCUT2D eigenvalue weighted by molar-refractivity contribution is 6.09. The summed E-state index contributed by atoms with van der Waals surface area (Å²) < 4.78 is 13.9. The number of para-hydroxylation sites is 1. The van der Waals surface area contributed by atoms with Crippen LogP contribution in [0.2, 0.25) is 0 Å². The van der Waals surface area contributed by atoms with Crippen LogP contribution < -0.4 is 10.2 Å². The SMILES string of the molecule is CCN(C(=O)c1cccnc1NC)c1ccccc1F. The summed E-state index contributed by atoms with van der Waals surface area (Å²) in [6, 6.07) is 9.59. The number of aromatic nitrogens is 1. The molecule has 104 valence electrons. The normalized spacial score (nSPS) is 10.2. The van der Waals surface area contributed by atoms with Crippen LogP contribution in [-0.4, -0.2) is 24.5 Å². The molecule has 0 spiro atoms. The molecular formula is C15H16FN3O. The zero-order valence-corrected chi connectivity index (χ0v) is 11.4. The smallest absolute Gasteiger partial charge is 0.262 e. The number of hydrogen-bond donors (Lipinski definition) is 1. The maximum Gasteiger partial charge on any atom is 0.262 e. The summed E-state index contributed by atoms with van der Waals surface area (Å²) >= 11 is 0. The molecule has 1 amide bonds. The Balaban J connectivity index is 2.42. The average molecular weight is 273 g/mol. The summed E-state index contributed by atoms with van der Waals surface area (Å²) in [5, 5.41) is 2.87. The Bertz CT molecular complexity index is 616. The van der Waals surface area contributed by atoms with E-state index in [1.165, 1.54) is 11.0 Å². The van der Waals surface area contributed by atoms with Gasteiger partial charge in [0.1, 0.15) is 11.6 Å². The van der Waals surface area contributed by atoms with Crippen LogP contribution >= 0.6 is 0 Å². The van der Waals surface area contributed by atoms with Crippen LogP contribution in [0.5, 0.6) is 0 Å². The molecule has 5 heteroatoms. The van der Waals surface area contributed by atoms with Crippen LogP contribution in [0.3, 0.4) is 0 Å². The molecule has 2 aromatic rings. The van der Waals surface area contributed by atoms with Crippen LogP contribution in [-0.2, 0) is 0 Å². The second kappa shape index (κ2) is 6.14. The van der Waals surface area contributed by atoms with Gasteiger partial charge >= 0.3 is 0 Å². The van der Waals surface area contributed by atoms with E-state index >= 15 is 0 Å². The van der Waals surface area contributed by atoms with E-state index in [0.29, 0.717) is 17.9 Å². The number of nitrogens with zero attached hydrogens (tertiary/aromatic N) is 2. The molecule has 0 saturated carbocycles. The Morgan fingerprint density at radius 1 is 1.30 bits per heavy atom. The van der Waals surface area contributed by atoms with Crippen LogP contribution in [0.15, 0.2) is 42.6 Å². The monoisotopic (exact) mass is 273 g/mol. The van der Waals surface area contributed by atoms with E-state index in [0.717, 1.165) is 0 Å². The molecule has 0 aliphatic carbocycles. The van der Waals surface area contributed by atoms with E-state index in [2.05, 4.69) is 10.3 Å². The molecule has 0 aliphatic rings. The summed E-state index contributed by atoms with van der Waals surface area (Å²) in [5.41, 5.74) is 0.686. The minimum absolute atomic E-state index is 0.269. The van der Waals surface area contributed by atoms with Crippen LogP contribution in [0.25, 0.3) is 0 Å². The van der Waals surface area contributed by atoms with Gasteiger partial charge in [-0.1, -0.05) is 12.1 Å². The lowest BCUT2D eigenvalue weighted by atomic mass is 10.2. The van der Waals surface area contributed by atoms with Crippen molar-refractivity contribution in [3.8, 4) is 0 Å². The molecular weight excluding hydrogens is 257 g/mol. The van der Waals surface area contributed by atoms with E-state index in [-0.39, 0.29) is 11.6 Å². The first-order valence-corrected chi connectivity index (χ1v) is 6.38. The number of benzene rings is 1. The van der Waals surface area contributed by atoms with Gasteiger partial charge in [-0.05, 0) is 31.2 Å². The van der Waals surface area contributed by atoms with Gasteiger partial charge in [0.25, 0.3) is 5.91 Å². The number of anilines is 2. The van der Waals surface area contributed by atoms with Crippen molar-refractivity contribution < 1.29 is 9.18 Å². The fourth-order valence-corrected chi connectivity index (χ4v) is 2.02. The van der Waals surface area contributed by atoms with E-state index in [1.807, 2.05) is 0 Å². The third-order valence-corrected chi connectivity index (χ3v) is 2.98. The average Bonchev–Trinajstić information content (AvgIpc) is 2.49. The third-order valence-electron chi connectivity index (χ3n) is 2.98. The summed E-state index contributed by atoms with van der Waals surface area (Å²) in [7, 11) is 1.69. The van der Waals surface area contributed by atoms with Gasteiger partial charge in [-0.2, -0.15) is 0 Å². The summed E-state index contributed by atoms with van der Waals surface area (Å²) in [5.74, 6) is -0.222. The number of carbonyl (C=O) groups excluding carboxylic acids is 1. The van der Waals surface area contributed by atoms with Crippen molar-refractivity contribution in [1.82, 2.24) is 4.98 Å². The molecule has 0 fully saturated rings. The molecule has 0 bridgehead atoms. The molecule has 4 nitrogen and oxygen atoms in total. The topological polar surface area (TPSA) is 45.2 Å². The minimum Gasteiger partial charge on any atom is -0.372 e. The van der Waals surface area contributed by atoms with Crippen molar-refractivity contribution in [1.29, 1.82) is 0 Å². The minimum atomic E-state index is -0.419. The molecule has 1 heterocycles. The number of carbonyl (C=O) groups is 1. The van der Waals surface area contributed by atoms with Crippen molar-refractivity contribution >= 4 is 17.4 Å². The third kappa shape index (κ3) is 2.61. The number of nitrogens with one attached hydrogen (secondary N) is 1.